The largest absolute Gasteiger partial charge is 0.390 e. The molecule has 5 rings (SSSR count). The first-order valence-electron chi connectivity index (χ1n) is 10.2. The van der Waals surface area contributed by atoms with Crippen LogP contribution in [0.3, 0.4) is 0 Å². The number of nitrogens with one attached hydrogen (secondary N) is 2. The van der Waals surface area contributed by atoms with Gasteiger partial charge in [-0.2, -0.15) is 0 Å². The fraction of sp³-hybridized carbons (Fsp3) is 0.500. The number of aliphatic hydroxyl groups is 1. The van der Waals surface area contributed by atoms with Gasteiger partial charge in [-0.3, -0.25) is 0 Å². The van der Waals surface area contributed by atoms with E-state index in [9.17, 15) is 5.11 Å². The van der Waals surface area contributed by atoms with Gasteiger partial charge in [0, 0.05) is 30.8 Å². The second kappa shape index (κ2) is 7.89. The predicted octanol–water partition coefficient (Wildman–Crippen LogP) is 2.20. The quantitative estimate of drug-likeness (QED) is 0.402. The topological polar surface area (TPSA) is 101 Å². The Morgan fingerprint density at radius 1 is 1.24 bits per heavy atom. The van der Waals surface area contributed by atoms with Crippen LogP contribution in [0.1, 0.15) is 37.3 Å². The zero-order valence-corrected chi connectivity index (χ0v) is 17.1. The molecule has 1 saturated carbocycles. The summed E-state index contributed by atoms with van der Waals surface area (Å²) >= 11 is 1.64. The third-order valence-electron chi connectivity index (χ3n) is 5.54. The second-order valence-electron chi connectivity index (χ2n) is 7.71. The third kappa shape index (κ3) is 3.70. The van der Waals surface area contributed by atoms with Crippen LogP contribution in [-0.2, 0) is 0 Å². The minimum absolute atomic E-state index is 0.162. The maximum Gasteiger partial charge on any atom is 0.191 e. The van der Waals surface area contributed by atoms with Crippen molar-refractivity contribution in [3.8, 4) is 0 Å². The molecule has 2 aliphatic rings. The second-order valence-corrected chi connectivity index (χ2v) is 8.77. The Kier molecular flexibility index (Phi) is 5.11. The number of β-amino-alcohol motifs (C(OH)–C–C–N with tert-alkyl or cyclic N) is 1. The Labute approximate surface area is 173 Å². The molecule has 0 amide bonds. The minimum Gasteiger partial charge on any atom is -0.390 e. The molecule has 1 saturated heterocycles. The molecule has 3 aromatic rings. The normalized spacial score (nSPS) is 26.1. The maximum atomic E-state index is 10.3. The van der Waals surface area contributed by atoms with Gasteiger partial charge in [0.05, 0.1) is 12.1 Å². The maximum absolute atomic E-state index is 10.3. The van der Waals surface area contributed by atoms with Gasteiger partial charge in [-0.05, 0) is 18.4 Å². The zero-order chi connectivity index (χ0) is 19.8. The number of nitrogens with zero attached hydrogens (tertiary/aromatic N) is 5. The molecular formula is C20H25N7OS. The SMILES string of the molecule is CCCSc1nc(N[C@H]2C[C@@H]2c2ccccc2)c2nnn([C@H]3CNC[C@@H]3O)c2n1. The summed E-state index contributed by atoms with van der Waals surface area (Å²) in [6.45, 7) is 3.36. The molecule has 1 aromatic carbocycles. The van der Waals surface area contributed by atoms with E-state index in [1.807, 2.05) is 6.07 Å². The average molecular weight is 412 g/mol. The van der Waals surface area contributed by atoms with E-state index < -0.39 is 6.10 Å². The van der Waals surface area contributed by atoms with E-state index in [-0.39, 0.29) is 6.04 Å². The molecule has 2 fully saturated rings. The molecule has 8 nitrogen and oxygen atoms in total. The first kappa shape index (κ1) is 18.8. The van der Waals surface area contributed by atoms with Crippen LogP contribution in [0.4, 0.5) is 5.82 Å². The summed E-state index contributed by atoms with van der Waals surface area (Å²) in [7, 11) is 0. The number of aliphatic hydroxyl groups excluding tert-OH is 1. The number of hydrogen-bond donors (Lipinski definition) is 3. The van der Waals surface area contributed by atoms with Gasteiger partial charge in [-0.15, -0.1) is 5.10 Å². The summed E-state index contributed by atoms with van der Waals surface area (Å²) in [4.78, 5) is 9.48. The van der Waals surface area contributed by atoms with Crippen molar-refractivity contribution in [2.45, 2.75) is 49.0 Å². The number of thioether (sulfide) groups is 1. The molecule has 0 bridgehead atoms. The molecule has 29 heavy (non-hydrogen) atoms. The van der Waals surface area contributed by atoms with Crippen molar-refractivity contribution in [3.05, 3.63) is 35.9 Å². The van der Waals surface area contributed by atoms with Crippen molar-refractivity contribution in [3.63, 3.8) is 0 Å². The first-order valence-corrected chi connectivity index (χ1v) is 11.2. The van der Waals surface area contributed by atoms with Crippen molar-refractivity contribution in [2.75, 3.05) is 24.2 Å². The summed E-state index contributed by atoms with van der Waals surface area (Å²) in [5, 5.41) is 26.5. The summed E-state index contributed by atoms with van der Waals surface area (Å²) in [5.41, 5.74) is 2.70. The molecule has 0 unspecified atom stereocenters. The van der Waals surface area contributed by atoms with E-state index in [4.69, 9.17) is 9.97 Å². The van der Waals surface area contributed by atoms with E-state index in [0.29, 0.717) is 36.2 Å². The smallest absolute Gasteiger partial charge is 0.191 e. The summed E-state index contributed by atoms with van der Waals surface area (Å²) in [6, 6.07) is 10.7. The van der Waals surface area contributed by atoms with Crippen molar-refractivity contribution in [1.82, 2.24) is 30.3 Å². The van der Waals surface area contributed by atoms with Gasteiger partial charge >= 0.3 is 0 Å². The Morgan fingerprint density at radius 3 is 2.86 bits per heavy atom. The van der Waals surface area contributed by atoms with E-state index in [1.54, 1.807) is 16.4 Å². The Balaban J connectivity index is 1.46. The highest BCUT2D eigenvalue weighted by Crippen LogP contribution is 2.43. The van der Waals surface area contributed by atoms with Crippen molar-refractivity contribution in [1.29, 1.82) is 0 Å². The lowest BCUT2D eigenvalue weighted by Crippen LogP contribution is -2.23. The van der Waals surface area contributed by atoms with Crippen molar-refractivity contribution >= 4 is 28.7 Å². The summed E-state index contributed by atoms with van der Waals surface area (Å²) in [5.74, 6) is 2.18. The number of fused-ring (bicyclic) bond motifs is 1. The third-order valence-corrected chi connectivity index (χ3v) is 6.60. The lowest BCUT2D eigenvalue weighted by Gasteiger charge is -2.14. The lowest BCUT2D eigenvalue weighted by molar-refractivity contribution is 0.145. The summed E-state index contributed by atoms with van der Waals surface area (Å²) in [6.07, 6.45) is 1.63. The van der Waals surface area contributed by atoms with E-state index in [2.05, 4.69) is 52.1 Å². The van der Waals surface area contributed by atoms with Gasteiger partial charge in [0.25, 0.3) is 0 Å². The highest BCUT2D eigenvalue weighted by atomic mass is 32.2. The summed E-state index contributed by atoms with van der Waals surface area (Å²) < 4.78 is 1.75. The van der Waals surface area contributed by atoms with Crippen LogP contribution in [0.2, 0.25) is 0 Å². The Morgan fingerprint density at radius 2 is 2.10 bits per heavy atom. The Hall–Kier alpha value is -2.23. The molecule has 9 heteroatoms. The minimum atomic E-state index is -0.496. The first-order chi connectivity index (χ1) is 14.2. The molecule has 4 atom stereocenters. The van der Waals surface area contributed by atoms with Crippen LogP contribution in [0, 0.1) is 0 Å². The van der Waals surface area contributed by atoms with Crippen molar-refractivity contribution < 1.29 is 5.11 Å². The molecule has 152 valence electrons. The molecule has 2 aromatic heterocycles. The fourth-order valence-corrected chi connectivity index (χ4v) is 4.58. The molecule has 1 aliphatic carbocycles. The number of benzene rings is 1. The highest BCUT2D eigenvalue weighted by Gasteiger charge is 2.39. The van der Waals surface area contributed by atoms with Gasteiger partial charge < -0.3 is 15.7 Å². The lowest BCUT2D eigenvalue weighted by atomic mass is 10.1. The van der Waals surface area contributed by atoms with Crippen LogP contribution in [0.25, 0.3) is 11.2 Å². The van der Waals surface area contributed by atoms with Crippen LogP contribution in [-0.4, -0.2) is 61.1 Å². The number of anilines is 1. The molecular weight excluding hydrogens is 386 g/mol. The van der Waals surface area contributed by atoms with Crippen LogP contribution >= 0.6 is 11.8 Å². The predicted molar refractivity (Wildman–Crippen MR) is 113 cm³/mol. The van der Waals surface area contributed by atoms with Crippen molar-refractivity contribution in [2.24, 2.45) is 0 Å². The van der Waals surface area contributed by atoms with E-state index in [1.165, 1.54) is 5.56 Å². The average Bonchev–Trinajstić information content (AvgIpc) is 3.17. The van der Waals surface area contributed by atoms with Crippen LogP contribution in [0.15, 0.2) is 35.5 Å². The zero-order valence-electron chi connectivity index (χ0n) is 16.3. The number of rotatable bonds is 7. The van der Waals surface area contributed by atoms with Crippen LogP contribution in [0.5, 0.6) is 0 Å². The Bertz CT molecular complexity index is 995. The van der Waals surface area contributed by atoms with Gasteiger partial charge in [-0.1, -0.05) is 54.2 Å². The fourth-order valence-electron chi connectivity index (χ4n) is 3.89. The number of hydrogen-bond acceptors (Lipinski definition) is 8. The van der Waals surface area contributed by atoms with E-state index >= 15 is 0 Å². The standard InChI is InChI=1S/C20H25N7OS/c1-2-8-29-20-23-18(22-14-9-13(14)12-6-4-3-5-7-12)17-19(24-20)27(26-25-17)15-10-21-11-16(15)28/h3-7,13-16,21,28H,2,8-11H2,1H3,(H,22,23,24)/t13-,14+,15+,16+/m1/s1. The van der Waals surface area contributed by atoms with Gasteiger partial charge in [0.1, 0.15) is 0 Å². The monoisotopic (exact) mass is 411 g/mol. The molecule has 3 heterocycles. The van der Waals surface area contributed by atoms with E-state index in [0.717, 1.165) is 29.6 Å². The van der Waals surface area contributed by atoms with Crippen LogP contribution < -0.4 is 10.6 Å². The van der Waals surface area contributed by atoms with Gasteiger partial charge in [0.2, 0.25) is 0 Å². The highest BCUT2D eigenvalue weighted by molar-refractivity contribution is 7.99. The molecule has 3 N–H and O–H groups in total. The molecule has 0 radical (unpaired) electrons. The van der Waals surface area contributed by atoms with Gasteiger partial charge in [-0.25, -0.2) is 14.6 Å². The van der Waals surface area contributed by atoms with Gasteiger partial charge in [0.15, 0.2) is 22.1 Å². The number of aromatic nitrogens is 5. The molecule has 1 aliphatic heterocycles. The molecule has 0 spiro atoms.